The molecule has 1 heterocycles. The maximum atomic E-state index is 11.3. The van der Waals surface area contributed by atoms with Crippen LogP contribution in [0.4, 0.5) is 0 Å². The summed E-state index contributed by atoms with van der Waals surface area (Å²) in [5, 5.41) is 9.38. The van der Waals surface area contributed by atoms with E-state index in [4.69, 9.17) is 0 Å². The van der Waals surface area contributed by atoms with Crippen molar-refractivity contribution in [2.75, 3.05) is 0 Å². The molecule has 1 aromatic heterocycles. The van der Waals surface area contributed by atoms with Crippen molar-refractivity contribution >= 4 is 15.9 Å². The summed E-state index contributed by atoms with van der Waals surface area (Å²) in [5.41, 5.74) is 0.644. The smallest absolute Gasteiger partial charge is 0.269 e. The summed E-state index contributed by atoms with van der Waals surface area (Å²) in [6, 6.07) is 9.59. The molecule has 0 atom stereocenters. The van der Waals surface area contributed by atoms with Gasteiger partial charge in [-0.25, -0.2) is 0 Å². The molecule has 1 aromatic carbocycles. The fourth-order valence-corrected chi connectivity index (χ4v) is 1.55. The zero-order chi connectivity index (χ0) is 11.5. The average molecular weight is 281 g/mol. The number of nitrogens with one attached hydrogen (secondary N) is 1. The first-order chi connectivity index (χ1) is 7.66. The average Bonchev–Trinajstić information content (AvgIpc) is 2.27. The minimum absolute atomic E-state index is 0.0595. The van der Waals surface area contributed by atoms with Crippen molar-refractivity contribution < 1.29 is 5.11 Å². The fourth-order valence-electron chi connectivity index (χ4n) is 1.37. The van der Waals surface area contributed by atoms with Crippen LogP contribution in [-0.2, 0) is 6.42 Å². The van der Waals surface area contributed by atoms with Gasteiger partial charge >= 0.3 is 0 Å². The van der Waals surface area contributed by atoms with Crippen molar-refractivity contribution in [3.8, 4) is 5.88 Å². The van der Waals surface area contributed by atoms with Gasteiger partial charge in [0.2, 0.25) is 5.88 Å². The maximum absolute atomic E-state index is 11.3. The highest BCUT2D eigenvalue weighted by atomic mass is 79.9. The Bertz CT molecular complexity index is 552. The van der Waals surface area contributed by atoms with E-state index in [9.17, 15) is 9.90 Å². The lowest BCUT2D eigenvalue weighted by molar-refractivity contribution is 0.444. The Hall–Kier alpha value is -1.62. The van der Waals surface area contributed by atoms with Crippen molar-refractivity contribution in [2.24, 2.45) is 0 Å². The number of halogens is 1. The minimum atomic E-state index is -0.376. The molecule has 2 aromatic rings. The molecule has 0 unspecified atom stereocenters. The Morgan fingerprint density at radius 3 is 2.62 bits per heavy atom. The van der Waals surface area contributed by atoms with E-state index in [1.807, 2.05) is 30.3 Å². The van der Waals surface area contributed by atoms with Gasteiger partial charge in [0.1, 0.15) is 10.3 Å². The van der Waals surface area contributed by atoms with E-state index in [1.165, 1.54) is 0 Å². The summed E-state index contributed by atoms with van der Waals surface area (Å²) in [6.07, 6.45) is 0.483. The number of aromatic amines is 1. The van der Waals surface area contributed by atoms with Gasteiger partial charge in [0, 0.05) is 6.42 Å². The molecule has 0 radical (unpaired) electrons. The van der Waals surface area contributed by atoms with Gasteiger partial charge in [0.25, 0.3) is 5.56 Å². The van der Waals surface area contributed by atoms with Crippen LogP contribution >= 0.6 is 15.9 Å². The molecule has 5 heteroatoms. The van der Waals surface area contributed by atoms with Crippen molar-refractivity contribution in [1.82, 2.24) is 9.97 Å². The first kappa shape index (κ1) is 10.9. The van der Waals surface area contributed by atoms with Crippen LogP contribution in [0, 0.1) is 0 Å². The molecule has 2 rings (SSSR count). The van der Waals surface area contributed by atoms with E-state index in [1.54, 1.807) is 0 Å². The Morgan fingerprint density at radius 1 is 1.31 bits per heavy atom. The Labute approximate surface area is 100 Å². The third-order valence-corrected chi connectivity index (χ3v) is 2.82. The molecule has 0 saturated carbocycles. The van der Waals surface area contributed by atoms with E-state index in [-0.39, 0.29) is 15.9 Å². The Kier molecular flexibility index (Phi) is 3.05. The van der Waals surface area contributed by atoms with E-state index in [0.717, 1.165) is 5.56 Å². The van der Waals surface area contributed by atoms with Crippen LogP contribution in [0.2, 0.25) is 0 Å². The second-order valence-electron chi connectivity index (χ2n) is 3.31. The number of benzene rings is 1. The molecule has 0 aliphatic rings. The third-order valence-electron chi connectivity index (χ3n) is 2.11. The molecule has 0 spiro atoms. The monoisotopic (exact) mass is 280 g/mol. The van der Waals surface area contributed by atoms with Crippen LogP contribution in [0.1, 0.15) is 11.4 Å². The van der Waals surface area contributed by atoms with Crippen molar-refractivity contribution in [1.29, 1.82) is 0 Å². The number of aromatic hydroxyl groups is 1. The summed E-state index contributed by atoms with van der Waals surface area (Å²) in [6.45, 7) is 0. The van der Waals surface area contributed by atoms with Gasteiger partial charge in [-0.05, 0) is 21.5 Å². The molecule has 0 bridgehead atoms. The predicted octanol–water partition coefficient (Wildman–Crippen LogP) is 1.83. The number of nitrogens with zero attached hydrogens (tertiary/aromatic N) is 1. The molecule has 0 aliphatic carbocycles. The summed E-state index contributed by atoms with van der Waals surface area (Å²) in [5.74, 6) is 0.159. The lowest BCUT2D eigenvalue weighted by Crippen LogP contribution is -2.12. The highest BCUT2D eigenvalue weighted by molar-refractivity contribution is 9.10. The topological polar surface area (TPSA) is 66.0 Å². The van der Waals surface area contributed by atoms with Crippen molar-refractivity contribution in [3.63, 3.8) is 0 Å². The zero-order valence-corrected chi connectivity index (χ0v) is 9.86. The van der Waals surface area contributed by atoms with Gasteiger partial charge in [-0.2, -0.15) is 4.98 Å². The standard InChI is InChI=1S/C11H9BrN2O2/c12-9-10(15)13-8(14-11(9)16)6-7-4-2-1-3-5-7/h1-5H,6H2,(H2,13,14,15,16). The highest BCUT2D eigenvalue weighted by Crippen LogP contribution is 2.15. The molecule has 0 fully saturated rings. The van der Waals surface area contributed by atoms with Gasteiger partial charge in [0.05, 0.1) is 0 Å². The maximum Gasteiger partial charge on any atom is 0.269 e. The minimum Gasteiger partial charge on any atom is -0.492 e. The quantitative estimate of drug-likeness (QED) is 0.882. The number of aromatic nitrogens is 2. The van der Waals surface area contributed by atoms with Crippen LogP contribution in [-0.4, -0.2) is 15.1 Å². The summed E-state index contributed by atoms with van der Waals surface area (Å²) < 4.78 is 0.0595. The van der Waals surface area contributed by atoms with E-state index >= 15 is 0 Å². The lowest BCUT2D eigenvalue weighted by Gasteiger charge is -2.02. The molecule has 4 nitrogen and oxygen atoms in total. The van der Waals surface area contributed by atoms with Crippen LogP contribution < -0.4 is 5.56 Å². The summed E-state index contributed by atoms with van der Waals surface area (Å²) >= 11 is 2.94. The van der Waals surface area contributed by atoms with Crippen LogP contribution in [0.25, 0.3) is 0 Å². The first-order valence-corrected chi connectivity index (χ1v) is 5.47. The largest absolute Gasteiger partial charge is 0.492 e. The number of rotatable bonds is 2. The second-order valence-corrected chi connectivity index (χ2v) is 4.11. The molecule has 0 aliphatic heterocycles. The SMILES string of the molecule is O=c1[nH]c(Cc2ccccc2)nc(O)c1Br. The molecule has 0 saturated heterocycles. The van der Waals surface area contributed by atoms with Crippen LogP contribution in [0.3, 0.4) is 0 Å². The van der Waals surface area contributed by atoms with Crippen molar-refractivity contribution in [2.45, 2.75) is 6.42 Å². The van der Waals surface area contributed by atoms with Gasteiger partial charge < -0.3 is 10.1 Å². The third kappa shape index (κ3) is 2.30. The van der Waals surface area contributed by atoms with Crippen LogP contribution in [0.15, 0.2) is 39.6 Å². The predicted molar refractivity (Wildman–Crippen MR) is 63.5 cm³/mol. The number of H-pyrrole nitrogens is 1. The lowest BCUT2D eigenvalue weighted by atomic mass is 10.1. The first-order valence-electron chi connectivity index (χ1n) is 4.68. The van der Waals surface area contributed by atoms with Gasteiger partial charge in [-0.15, -0.1) is 0 Å². The molecule has 82 valence electrons. The van der Waals surface area contributed by atoms with E-state index < -0.39 is 0 Å². The molecule has 0 amide bonds. The summed E-state index contributed by atoms with van der Waals surface area (Å²) in [4.78, 5) is 17.8. The van der Waals surface area contributed by atoms with Crippen LogP contribution in [0.5, 0.6) is 5.88 Å². The second kappa shape index (κ2) is 4.49. The van der Waals surface area contributed by atoms with Gasteiger partial charge in [0.15, 0.2) is 0 Å². The molecule has 16 heavy (non-hydrogen) atoms. The summed E-state index contributed by atoms with van der Waals surface area (Å²) in [7, 11) is 0. The normalized spacial score (nSPS) is 10.3. The molecular weight excluding hydrogens is 272 g/mol. The van der Waals surface area contributed by atoms with Crippen molar-refractivity contribution in [3.05, 3.63) is 56.5 Å². The van der Waals surface area contributed by atoms with E-state index in [0.29, 0.717) is 12.2 Å². The Morgan fingerprint density at radius 2 is 2.00 bits per heavy atom. The van der Waals surface area contributed by atoms with E-state index in [2.05, 4.69) is 25.9 Å². The fraction of sp³-hybridized carbons (Fsp3) is 0.0909. The Balaban J connectivity index is 2.33. The zero-order valence-electron chi connectivity index (χ0n) is 8.27. The molecular formula is C11H9BrN2O2. The highest BCUT2D eigenvalue weighted by Gasteiger charge is 2.07. The molecule has 2 N–H and O–H groups in total. The van der Waals surface area contributed by atoms with Gasteiger partial charge in [-0.1, -0.05) is 30.3 Å². The van der Waals surface area contributed by atoms with Gasteiger partial charge in [-0.3, -0.25) is 4.79 Å². The number of hydrogen-bond donors (Lipinski definition) is 2. The number of hydrogen-bond acceptors (Lipinski definition) is 3.